The van der Waals surface area contributed by atoms with Gasteiger partial charge >= 0.3 is 23.9 Å². The molecule has 0 aromatic heterocycles. The number of carbonyl (C=O) groups excluding carboxylic acids is 4. The zero-order chi connectivity index (χ0) is 29.0. The van der Waals surface area contributed by atoms with Gasteiger partial charge in [-0.3, -0.25) is 19.2 Å². The summed E-state index contributed by atoms with van der Waals surface area (Å²) in [7, 11) is 2.13. The van der Waals surface area contributed by atoms with Crippen molar-refractivity contribution in [3.05, 3.63) is 0 Å². The lowest BCUT2D eigenvalue weighted by molar-refractivity contribution is -0.154. The van der Waals surface area contributed by atoms with Gasteiger partial charge in [0, 0.05) is 30.6 Å². The van der Waals surface area contributed by atoms with Gasteiger partial charge in [0.2, 0.25) is 0 Å². The lowest BCUT2D eigenvalue weighted by atomic mass is 10.1. The molecule has 0 aliphatic carbocycles. The van der Waals surface area contributed by atoms with Gasteiger partial charge in [-0.05, 0) is 51.9 Å². The molecular formula is C27H48N2O8S2. The third-order valence-corrected chi connectivity index (χ3v) is 8.20. The van der Waals surface area contributed by atoms with Gasteiger partial charge in [0.1, 0.15) is 26.4 Å². The number of carbonyl (C=O) groups is 4. The topological polar surface area (TPSA) is 112 Å². The molecule has 0 saturated carbocycles. The van der Waals surface area contributed by atoms with E-state index >= 15 is 0 Å². The van der Waals surface area contributed by atoms with Crippen LogP contribution in [0.1, 0.15) is 46.0 Å². The van der Waals surface area contributed by atoms with Crippen LogP contribution >= 0.6 is 23.5 Å². The van der Waals surface area contributed by atoms with E-state index in [0.717, 1.165) is 25.9 Å². The molecular weight excluding hydrogens is 544 g/mol. The van der Waals surface area contributed by atoms with Crippen LogP contribution in [0, 0.1) is 11.8 Å². The summed E-state index contributed by atoms with van der Waals surface area (Å²) in [6.45, 7) is 6.50. The molecule has 1 heterocycles. The van der Waals surface area contributed by atoms with Crippen molar-refractivity contribution in [2.75, 3.05) is 83.7 Å². The highest BCUT2D eigenvalue weighted by Crippen LogP contribution is 2.18. The first kappa shape index (κ1) is 35.5. The van der Waals surface area contributed by atoms with Crippen LogP contribution in [-0.4, -0.2) is 123 Å². The van der Waals surface area contributed by atoms with Crippen molar-refractivity contribution >= 4 is 47.4 Å². The maximum absolute atomic E-state index is 12.3. The van der Waals surface area contributed by atoms with E-state index in [0.29, 0.717) is 30.6 Å². The summed E-state index contributed by atoms with van der Waals surface area (Å²) in [5.74, 6) is -0.347. The van der Waals surface area contributed by atoms with Crippen LogP contribution in [0.5, 0.6) is 0 Å². The monoisotopic (exact) mass is 592 g/mol. The lowest BCUT2D eigenvalue weighted by Crippen LogP contribution is -2.35. The molecule has 0 aromatic rings. The smallest absolute Gasteiger partial charge is 0.309 e. The Morgan fingerprint density at radius 2 is 1.26 bits per heavy atom. The molecule has 0 aromatic carbocycles. The molecule has 0 amide bonds. The summed E-state index contributed by atoms with van der Waals surface area (Å²) in [6.07, 6.45) is 7.50. The zero-order valence-corrected chi connectivity index (χ0v) is 25.9. The Morgan fingerprint density at radius 1 is 0.795 bits per heavy atom. The van der Waals surface area contributed by atoms with Crippen LogP contribution < -0.4 is 0 Å². The molecule has 3 atom stereocenters. The molecule has 1 saturated heterocycles. The summed E-state index contributed by atoms with van der Waals surface area (Å²) in [6, 6.07) is 0.498. The van der Waals surface area contributed by atoms with E-state index in [9.17, 15) is 19.2 Å². The summed E-state index contributed by atoms with van der Waals surface area (Å²) in [5, 5.41) is 0. The number of nitrogens with zero attached hydrogens (tertiary/aromatic N) is 2. The quantitative estimate of drug-likeness (QED) is 0.111. The third kappa shape index (κ3) is 16.4. The molecule has 1 aliphatic heterocycles. The fourth-order valence-corrected chi connectivity index (χ4v) is 5.44. The van der Waals surface area contributed by atoms with Gasteiger partial charge in [0.15, 0.2) is 0 Å². The van der Waals surface area contributed by atoms with Crippen LogP contribution in [0.25, 0.3) is 0 Å². The van der Waals surface area contributed by atoms with Crippen molar-refractivity contribution in [3.8, 4) is 0 Å². The van der Waals surface area contributed by atoms with E-state index in [2.05, 4.69) is 16.8 Å². The molecule has 226 valence electrons. The normalized spacial score (nSPS) is 17.0. The molecule has 0 spiro atoms. The zero-order valence-electron chi connectivity index (χ0n) is 24.3. The van der Waals surface area contributed by atoms with Crippen LogP contribution in [0.2, 0.25) is 0 Å². The fourth-order valence-electron chi connectivity index (χ4n) is 4.17. The van der Waals surface area contributed by atoms with E-state index < -0.39 is 0 Å². The summed E-state index contributed by atoms with van der Waals surface area (Å²) in [5.41, 5.74) is 0. The van der Waals surface area contributed by atoms with Crippen molar-refractivity contribution in [2.24, 2.45) is 11.8 Å². The molecule has 39 heavy (non-hydrogen) atoms. The molecule has 10 nitrogen and oxygen atoms in total. The number of rotatable bonds is 21. The van der Waals surface area contributed by atoms with Crippen LogP contribution in [-0.2, 0) is 38.1 Å². The highest BCUT2D eigenvalue weighted by atomic mass is 32.2. The van der Waals surface area contributed by atoms with Crippen LogP contribution in [0.15, 0.2) is 0 Å². The Bertz CT molecular complexity index is 695. The molecule has 3 unspecified atom stereocenters. The van der Waals surface area contributed by atoms with Crippen molar-refractivity contribution in [1.82, 2.24) is 9.80 Å². The first-order valence-corrected chi connectivity index (χ1v) is 16.5. The maximum Gasteiger partial charge on any atom is 0.309 e. The number of ether oxygens (including phenoxy) is 4. The van der Waals surface area contributed by atoms with E-state index in [1.807, 2.05) is 26.4 Å². The third-order valence-electron chi connectivity index (χ3n) is 6.53. The van der Waals surface area contributed by atoms with E-state index in [1.165, 1.54) is 6.42 Å². The highest BCUT2D eigenvalue weighted by molar-refractivity contribution is 7.98. The first-order valence-electron chi connectivity index (χ1n) is 13.7. The second kappa shape index (κ2) is 21.3. The minimum absolute atomic E-state index is 0.0242. The molecule has 1 fully saturated rings. The number of esters is 4. The molecule has 12 heteroatoms. The fraction of sp³-hybridized carbons (Fsp3) is 0.852. The Balaban J connectivity index is 2.38. The second-order valence-corrected chi connectivity index (χ2v) is 11.7. The Labute approximate surface area is 242 Å². The highest BCUT2D eigenvalue weighted by Gasteiger charge is 2.22. The number of hydrogen-bond acceptors (Lipinski definition) is 12. The van der Waals surface area contributed by atoms with E-state index in [1.54, 1.807) is 23.5 Å². The molecule has 1 aliphatic rings. The van der Waals surface area contributed by atoms with Gasteiger partial charge in [-0.15, -0.1) is 0 Å². The Hall–Kier alpha value is -1.50. The average Bonchev–Trinajstić information content (AvgIpc) is 3.32. The average molecular weight is 593 g/mol. The van der Waals surface area contributed by atoms with E-state index in [-0.39, 0.29) is 75.0 Å². The van der Waals surface area contributed by atoms with Crippen molar-refractivity contribution in [1.29, 1.82) is 0 Å². The molecule has 0 radical (unpaired) electrons. The largest absolute Gasteiger partial charge is 0.462 e. The number of hydrogen-bond donors (Lipinski definition) is 0. The first-order chi connectivity index (χ1) is 18.7. The van der Waals surface area contributed by atoms with Gasteiger partial charge in [-0.25, -0.2) is 0 Å². The standard InChI is InChI=1S/C27H48N2O8S2/c1-21(19-38-4)26(32)36-17-15-34-24(30)9-13-29(12-8-23-7-6-11-28(23)3)14-10-25(31)35-16-18-37-27(33)22(2)20-39-5/h21-23H,6-20H2,1-5H3. The van der Waals surface area contributed by atoms with Gasteiger partial charge in [0.25, 0.3) is 0 Å². The minimum atomic E-state index is -0.369. The SMILES string of the molecule is CSCC(C)C(=O)OCCOC(=O)CCN(CCC(=O)OCCOC(=O)C(C)CSC)CCC1CCCN1C. The van der Waals surface area contributed by atoms with Crippen molar-refractivity contribution in [2.45, 2.75) is 52.0 Å². The lowest BCUT2D eigenvalue weighted by Gasteiger charge is -2.26. The van der Waals surface area contributed by atoms with Gasteiger partial charge in [-0.1, -0.05) is 13.8 Å². The van der Waals surface area contributed by atoms with Crippen molar-refractivity contribution in [3.63, 3.8) is 0 Å². The summed E-state index contributed by atoms with van der Waals surface area (Å²) in [4.78, 5) is 52.6. The summed E-state index contributed by atoms with van der Waals surface area (Å²) >= 11 is 3.15. The maximum atomic E-state index is 12.3. The van der Waals surface area contributed by atoms with Crippen LogP contribution in [0.4, 0.5) is 0 Å². The summed E-state index contributed by atoms with van der Waals surface area (Å²) < 4.78 is 20.8. The Kier molecular flexibility index (Phi) is 19.4. The molecule has 0 N–H and O–H groups in total. The van der Waals surface area contributed by atoms with Gasteiger partial charge in [-0.2, -0.15) is 23.5 Å². The number of thioether (sulfide) groups is 2. The predicted octanol–water partition coefficient (Wildman–Crippen LogP) is 2.72. The molecule has 0 bridgehead atoms. The van der Waals surface area contributed by atoms with Gasteiger partial charge in [0.05, 0.1) is 24.7 Å². The minimum Gasteiger partial charge on any atom is -0.462 e. The van der Waals surface area contributed by atoms with E-state index in [4.69, 9.17) is 18.9 Å². The molecule has 1 rings (SSSR count). The van der Waals surface area contributed by atoms with Crippen LogP contribution in [0.3, 0.4) is 0 Å². The number of likely N-dealkylation sites (tertiary alicyclic amines) is 1. The predicted molar refractivity (Wildman–Crippen MR) is 155 cm³/mol. The Morgan fingerprint density at radius 3 is 1.67 bits per heavy atom. The van der Waals surface area contributed by atoms with Gasteiger partial charge < -0.3 is 28.7 Å². The second-order valence-electron chi connectivity index (χ2n) is 9.90. The van der Waals surface area contributed by atoms with Crippen molar-refractivity contribution < 1.29 is 38.1 Å².